The summed E-state index contributed by atoms with van der Waals surface area (Å²) in [5.41, 5.74) is 2.15. The lowest BCUT2D eigenvalue weighted by Gasteiger charge is -2.20. The van der Waals surface area contributed by atoms with Gasteiger partial charge < -0.3 is 10.1 Å². The van der Waals surface area contributed by atoms with Crippen LogP contribution in [0.15, 0.2) is 36.6 Å². The van der Waals surface area contributed by atoms with Crippen molar-refractivity contribution in [1.82, 2.24) is 20.2 Å². The van der Waals surface area contributed by atoms with Crippen molar-refractivity contribution in [1.29, 1.82) is 0 Å². The maximum atomic E-state index is 5.56. The predicted molar refractivity (Wildman–Crippen MR) is 83.3 cm³/mol. The second-order valence-corrected chi connectivity index (χ2v) is 5.84. The standard InChI is InChI=1S/C16H19N5O/c1-2-10-22-15(3-1)11-17-13-6-4-12(5-7-13)16-18-19-20-21(16)14-8-9-14/h2,4-7,10,14-15,17H,1,3,8-9,11H2. The van der Waals surface area contributed by atoms with Crippen molar-refractivity contribution in [3.8, 4) is 11.4 Å². The molecular weight excluding hydrogens is 278 g/mol. The SMILES string of the molecule is C1=COC(CNc2ccc(-c3nnnn3C3CC3)cc2)CC1. The lowest BCUT2D eigenvalue weighted by molar-refractivity contribution is 0.135. The molecule has 1 atom stereocenters. The normalized spacial score (nSPS) is 20.6. The van der Waals surface area contributed by atoms with E-state index in [1.165, 1.54) is 12.8 Å². The number of tetrazole rings is 1. The van der Waals surface area contributed by atoms with E-state index < -0.39 is 0 Å². The molecule has 1 aliphatic carbocycles. The second kappa shape index (κ2) is 5.79. The largest absolute Gasteiger partial charge is 0.497 e. The highest BCUT2D eigenvalue weighted by atomic mass is 16.5. The number of anilines is 1. The van der Waals surface area contributed by atoms with Crippen molar-refractivity contribution < 1.29 is 4.74 Å². The quantitative estimate of drug-likeness (QED) is 0.919. The molecule has 1 aromatic heterocycles. The van der Waals surface area contributed by atoms with Gasteiger partial charge in [-0.15, -0.1) is 5.10 Å². The monoisotopic (exact) mass is 297 g/mol. The molecule has 6 heteroatoms. The van der Waals surface area contributed by atoms with E-state index >= 15 is 0 Å². The Bertz CT molecular complexity index is 659. The molecule has 1 fully saturated rings. The van der Waals surface area contributed by atoms with Gasteiger partial charge in [-0.05, 0) is 66.5 Å². The molecule has 4 rings (SSSR count). The Morgan fingerprint density at radius 3 is 2.77 bits per heavy atom. The van der Waals surface area contributed by atoms with E-state index in [4.69, 9.17) is 4.74 Å². The average molecular weight is 297 g/mol. The minimum atomic E-state index is 0.256. The van der Waals surface area contributed by atoms with Crippen LogP contribution in [0.5, 0.6) is 0 Å². The summed E-state index contributed by atoms with van der Waals surface area (Å²) in [6.45, 7) is 0.823. The van der Waals surface area contributed by atoms with Crippen LogP contribution in [0.25, 0.3) is 11.4 Å². The summed E-state index contributed by atoms with van der Waals surface area (Å²) in [7, 11) is 0. The molecule has 0 radical (unpaired) electrons. The molecule has 0 amide bonds. The molecule has 0 saturated heterocycles. The third kappa shape index (κ3) is 2.81. The molecular formula is C16H19N5O. The molecule has 1 aromatic carbocycles. The summed E-state index contributed by atoms with van der Waals surface area (Å²) >= 11 is 0. The molecule has 1 N–H and O–H groups in total. The maximum absolute atomic E-state index is 5.56. The first kappa shape index (κ1) is 13.3. The number of nitrogens with one attached hydrogen (secondary N) is 1. The molecule has 1 saturated carbocycles. The van der Waals surface area contributed by atoms with E-state index in [0.717, 1.165) is 36.5 Å². The van der Waals surface area contributed by atoms with Crippen molar-refractivity contribution in [2.75, 3.05) is 11.9 Å². The number of hydrogen-bond acceptors (Lipinski definition) is 5. The van der Waals surface area contributed by atoms with Gasteiger partial charge >= 0.3 is 0 Å². The third-order valence-electron chi connectivity index (χ3n) is 4.09. The second-order valence-electron chi connectivity index (χ2n) is 5.84. The number of ether oxygens (including phenoxy) is 1. The van der Waals surface area contributed by atoms with Crippen LogP contribution in [0.4, 0.5) is 5.69 Å². The van der Waals surface area contributed by atoms with Crippen LogP contribution in [0, 0.1) is 0 Å². The zero-order valence-corrected chi connectivity index (χ0v) is 12.4. The van der Waals surface area contributed by atoms with Gasteiger partial charge in [0.2, 0.25) is 0 Å². The van der Waals surface area contributed by atoms with E-state index in [-0.39, 0.29) is 6.10 Å². The first-order valence-electron chi connectivity index (χ1n) is 7.83. The van der Waals surface area contributed by atoms with Gasteiger partial charge in [0, 0.05) is 11.3 Å². The van der Waals surface area contributed by atoms with Crippen molar-refractivity contribution >= 4 is 5.69 Å². The van der Waals surface area contributed by atoms with Gasteiger partial charge in [-0.2, -0.15) is 0 Å². The molecule has 22 heavy (non-hydrogen) atoms. The first-order chi connectivity index (χ1) is 10.9. The zero-order valence-electron chi connectivity index (χ0n) is 12.4. The Balaban J connectivity index is 1.41. The van der Waals surface area contributed by atoms with Gasteiger partial charge in [-0.25, -0.2) is 4.68 Å². The molecule has 6 nitrogen and oxygen atoms in total. The molecule has 0 bridgehead atoms. The van der Waals surface area contributed by atoms with E-state index in [9.17, 15) is 0 Å². The highest BCUT2D eigenvalue weighted by Gasteiger charge is 2.28. The van der Waals surface area contributed by atoms with Crippen LogP contribution in [-0.2, 0) is 4.74 Å². The van der Waals surface area contributed by atoms with E-state index in [1.807, 2.05) is 4.68 Å². The number of aromatic nitrogens is 4. The molecule has 1 unspecified atom stereocenters. The number of allylic oxidation sites excluding steroid dienone is 1. The summed E-state index contributed by atoms with van der Waals surface area (Å²) in [5.74, 6) is 0.856. The average Bonchev–Trinajstić information content (AvgIpc) is 3.31. The molecule has 0 spiro atoms. The van der Waals surface area contributed by atoms with Crippen LogP contribution in [0.1, 0.15) is 31.7 Å². The van der Waals surface area contributed by atoms with Crippen molar-refractivity contribution in [3.05, 3.63) is 36.6 Å². The predicted octanol–water partition coefficient (Wildman–Crippen LogP) is 2.78. The third-order valence-corrected chi connectivity index (χ3v) is 4.09. The summed E-state index contributed by atoms with van der Waals surface area (Å²) < 4.78 is 7.49. The van der Waals surface area contributed by atoms with Crippen LogP contribution < -0.4 is 5.32 Å². The lowest BCUT2D eigenvalue weighted by atomic mass is 10.1. The fourth-order valence-corrected chi connectivity index (χ4v) is 2.65. The Kier molecular flexibility index (Phi) is 3.50. The van der Waals surface area contributed by atoms with Crippen molar-refractivity contribution in [2.24, 2.45) is 0 Å². The number of nitrogens with zero attached hydrogens (tertiary/aromatic N) is 4. The van der Waals surface area contributed by atoms with E-state index in [0.29, 0.717) is 6.04 Å². The Hall–Kier alpha value is -2.37. The van der Waals surface area contributed by atoms with E-state index in [1.54, 1.807) is 6.26 Å². The summed E-state index contributed by atoms with van der Waals surface area (Å²) in [5, 5.41) is 15.5. The lowest BCUT2D eigenvalue weighted by Crippen LogP contribution is -2.22. The molecule has 114 valence electrons. The van der Waals surface area contributed by atoms with Crippen LogP contribution in [-0.4, -0.2) is 32.9 Å². The fourth-order valence-electron chi connectivity index (χ4n) is 2.65. The number of rotatable bonds is 5. The van der Waals surface area contributed by atoms with Gasteiger partial charge in [0.15, 0.2) is 5.82 Å². The molecule has 2 heterocycles. The number of hydrogen-bond donors (Lipinski definition) is 1. The van der Waals surface area contributed by atoms with Crippen molar-refractivity contribution in [3.63, 3.8) is 0 Å². The summed E-state index contributed by atoms with van der Waals surface area (Å²) in [4.78, 5) is 0. The van der Waals surface area contributed by atoms with Gasteiger partial charge in [0.1, 0.15) is 6.10 Å². The Morgan fingerprint density at radius 1 is 1.18 bits per heavy atom. The molecule has 1 aliphatic heterocycles. The van der Waals surface area contributed by atoms with Crippen LogP contribution >= 0.6 is 0 Å². The zero-order chi connectivity index (χ0) is 14.8. The van der Waals surface area contributed by atoms with Gasteiger partial charge in [-0.1, -0.05) is 0 Å². The van der Waals surface area contributed by atoms with E-state index in [2.05, 4.69) is 51.2 Å². The minimum absolute atomic E-state index is 0.256. The smallest absolute Gasteiger partial charge is 0.182 e. The fraction of sp³-hybridized carbons (Fsp3) is 0.438. The summed E-state index contributed by atoms with van der Waals surface area (Å²) in [6.07, 6.45) is 8.63. The molecule has 2 aromatic rings. The topological polar surface area (TPSA) is 64.9 Å². The Labute approximate surface area is 129 Å². The van der Waals surface area contributed by atoms with Crippen LogP contribution in [0.3, 0.4) is 0 Å². The van der Waals surface area contributed by atoms with Gasteiger partial charge in [0.05, 0.1) is 18.8 Å². The van der Waals surface area contributed by atoms with Gasteiger partial charge in [-0.3, -0.25) is 0 Å². The molecule has 2 aliphatic rings. The first-order valence-corrected chi connectivity index (χ1v) is 7.83. The highest BCUT2D eigenvalue weighted by Crippen LogP contribution is 2.36. The number of benzene rings is 1. The van der Waals surface area contributed by atoms with Gasteiger partial charge in [0.25, 0.3) is 0 Å². The van der Waals surface area contributed by atoms with Crippen molar-refractivity contribution in [2.45, 2.75) is 37.8 Å². The summed E-state index contributed by atoms with van der Waals surface area (Å²) in [6, 6.07) is 8.75. The minimum Gasteiger partial charge on any atom is -0.497 e. The van der Waals surface area contributed by atoms with Crippen LogP contribution in [0.2, 0.25) is 0 Å². The Morgan fingerprint density at radius 2 is 2.05 bits per heavy atom. The maximum Gasteiger partial charge on any atom is 0.182 e. The highest BCUT2D eigenvalue weighted by molar-refractivity contribution is 5.59.